The highest BCUT2D eigenvalue weighted by Gasteiger charge is 2.09. The van der Waals surface area contributed by atoms with Crippen LogP contribution in [0.2, 0.25) is 0 Å². The number of carbonyl (C=O) groups excluding carboxylic acids is 1. The Morgan fingerprint density at radius 1 is 1.53 bits per heavy atom. The van der Waals surface area contributed by atoms with Crippen LogP contribution in [0.4, 0.5) is 14.9 Å². The molecule has 1 unspecified atom stereocenters. The van der Waals surface area contributed by atoms with Gasteiger partial charge in [-0.15, -0.1) is 0 Å². The molecule has 1 atom stereocenters. The summed E-state index contributed by atoms with van der Waals surface area (Å²) >= 11 is 0. The van der Waals surface area contributed by atoms with Gasteiger partial charge in [0, 0.05) is 11.7 Å². The topological polar surface area (TPSA) is 67.1 Å². The summed E-state index contributed by atoms with van der Waals surface area (Å²) in [5.41, 5.74) is 5.87. The lowest BCUT2D eigenvalue weighted by molar-refractivity contribution is 0.247. The van der Waals surface area contributed by atoms with Gasteiger partial charge >= 0.3 is 6.03 Å². The van der Waals surface area contributed by atoms with E-state index in [1.54, 1.807) is 12.1 Å². The van der Waals surface area contributed by atoms with Gasteiger partial charge in [0.25, 0.3) is 0 Å². The lowest BCUT2D eigenvalue weighted by Gasteiger charge is -2.16. The van der Waals surface area contributed by atoms with Crippen molar-refractivity contribution in [1.82, 2.24) is 5.32 Å². The minimum atomic E-state index is -0.378. The number of carbonyl (C=O) groups is 1. The first-order valence-corrected chi connectivity index (χ1v) is 5.69. The van der Waals surface area contributed by atoms with E-state index in [1.807, 2.05) is 6.92 Å². The van der Waals surface area contributed by atoms with Crippen molar-refractivity contribution in [1.29, 1.82) is 0 Å². The Morgan fingerprint density at radius 3 is 2.88 bits per heavy atom. The van der Waals surface area contributed by atoms with E-state index in [-0.39, 0.29) is 17.9 Å². The summed E-state index contributed by atoms with van der Waals surface area (Å²) in [6.07, 6.45) is 1.54. The highest BCUT2D eigenvalue weighted by molar-refractivity contribution is 5.89. The van der Waals surface area contributed by atoms with E-state index in [1.165, 1.54) is 12.1 Å². The largest absolute Gasteiger partial charge is 0.335 e. The number of hydrogen-bond acceptors (Lipinski definition) is 2. The van der Waals surface area contributed by atoms with Crippen LogP contribution < -0.4 is 16.4 Å². The molecule has 0 saturated heterocycles. The molecule has 0 fully saturated rings. The second kappa shape index (κ2) is 6.85. The maximum absolute atomic E-state index is 12.9. The molecule has 17 heavy (non-hydrogen) atoms. The number of benzene rings is 1. The van der Waals surface area contributed by atoms with Crippen LogP contribution in [0.25, 0.3) is 0 Å². The first-order valence-electron chi connectivity index (χ1n) is 5.69. The molecule has 0 aliphatic rings. The van der Waals surface area contributed by atoms with Gasteiger partial charge in [-0.1, -0.05) is 13.0 Å². The van der Waals surface area contributed by atoms with Gasteiger partial charge in [-0.2, -0.15) is 0 Å². The van der Waals surface area contributed by atoms with Gasteiger partial charge in [-0.25, -0.2) is 9.18 Å². The lowest BCUT2D eigenvalue weighted by atomic mass is 10.1. The molecule has 4 nitrogen and oxygen atoms in total. The Balaban J connectivity index is 2.49. The van der Waals surface area contributed by atoms with Crippen LogP contribution in [-0.4, -0.2) is 18.6 Å². The third kappa shape index (κ3) is 4.82. The standard InChI is InChI=1S/C12H18FN3O/c1-2-10(6-7-14)15-12(17)16-11-5-3-4-9(13)8-11/h3-5,8,10H,2,6-7,14H2,1H3,(H2,15,16,17). The molecule has 0 aromatic heterocycles. The first-order chi connectivity index (χ1) is 8.15. The molecule has 1 aromatic carbocycles. The number of nitrogens with two attached hydrogens (primary N) is 1. The van der Waals surface area contributed by atoms with Crippen molar-refractivity contribution in [3.8, 4) is 0 Å². The molecule has 1 aromatic rings. The van der Waals surface area contributed by atoms with Crippen LogP contribution in [0, 0.1) is 5.82 Å². The molecule has 0 radical (unpaired) electrons. The van der Waals surface area contributed by atoms with Crippen LogP contribution >= 0.6 is 0 Å². The van der Waals surface area contributed by atoms with Gasteiger partial charge < -0.3 is 16.4 Å². The number of halogens is 1. The zero-order valence-corrected chi connectivity index (χ0v) is 9.87. The number of amides is 2. The van der Waals surface area contributed by atoms with Gasteiger partial charge in [0.2, 0.25) is 0 Å². The average Bonchev–Trinajstić information content (AvgIpc) is 2.28. The fourth-order valence-corrected chi connectivity index (χ4v) is 1.50. The van der Waals surface area contributed by atoms with E-state index in [0.717, 1.165) is 12.8 Å². The average molecular weight is 239 g/mol. The fraction of sp³-hybridized carbons (Fsp3) is 0.417. The van der Waals surface area contributed by atoms with E-state index >= 15 is 0 Å². The molecule has 0 spiro atoms. The van der Waals surface area contributed by atoms with Crippen LogP contribution in [0.1, 0.15) is 19.8 Å². The molecule has 0 aliphatic carbocycles. The van der Waals surface area contributed by atoms with Crippen molar-refractivity contribution in [2.75, 3.05) is 11.9 Å². The Hall–Kier alpha value is -1.62. The molecule has 0 bridgehead atoms. The SMILES string of the molecule is CCC(CCN)NC(=O)Nc1cccc(F)c1. The Morgan fingerprint density at radius 2 is 2.29 bits per heavy atom. The van der Waals surface area contributed by atoms with Crippen molar-refractivity contribution in [2.45, 2.75) is 25.8 Å². The molecule has 4 N–H and O–H groups in total. The quantitative estimate of drug-likeness (QED) is 0.736. The Labute approximate surface area is 100 Å². The van der Waals surface area contributed by atoms with Crippen molar-refractivity contribution in [2.24, 2.45) is 5.73 Å². The number of anilines is 1. The second-order valence-electron chi connectivity index (χ2n) is 3.79. The first kappa shape index (κ1) is 13.4. The maximum Gasteiger partial charge on any atom is 0.319 e. The predicted molar refractivity (Wildman–Crippen MR) is 66.3 cm³/mol. The van der Waals surface area contributed by atoms with Gasteiger partial charge in [0.05, 0.1) is 0 Å². The van der Waals surface area contributed by atoms with Crippen molar-refractivity contribution in [3.63, 3.8) is 0 Å². The Bertz CT molecular complexity index is 371. The van der Waals surface area contributed by atoms with Crippen molar-refractivity contribution >= 4 is 11.7 Å². The second-order valence-corrected chi connectivity index (χ2v) is 3.79. The highest BCUT2D eigenvalue weighted by Crippen LogP contribution is 2.09. The van der Waals surface area contributed by atoms with Crippen LogP contribution in [0.5, 0.6) is 0 Å². The van der Waals surface area contributed by atoms with E-state index < -0.39 is 0 Å². The molecule has 0 aliphatic heterocycles. The summed E-state index contributed by atoms with van der Waals surface area (Å²) in [6, 6.07) is 5.48. The molecule has 2 amide bonds. The molecule has 0 heterocycles. The van der Waals surface area contributed by atoms with Crippen molar-refractivity contribution in [3.05, 3.63) is 30.1 Å². The monoisotopic (exact) mass is 239 g/mol. The van der Waals surface area contributed by atoms with E-state index in [2.05, 4.69) is 10.6 Å². The molecule has 5 heteroatoms. The van der Waals surface area contributed by atoms with Gasteiger partial charge in [0.15, 0.2) is 0 Å². The number of rotatable bonds is 5. The smallest absolute Gasteiger partial charge is 0.319 e. The van der Waals surface area contributed by atoms with Gasteiger partial charge in [-0.05, 0) is 37.6 Å². The van der Waals surface area contributed by atoms with E-state index in [9.17, 15) is 9.18 Å². The van der Waals surface area contributed by atoms with E-state index in [0.29, 0.717) is 12.2 Å². The molecular formula is C12H18FN3O. The highest BCUT2D eigenvalue weighted by atomic mass is 19.1. The predicted octanol–water partition coefficient (Wildman–Crippen LogP) is 2.07. The number of hydrogen-bond donors (Lipinski definition) is 3. The minimum absolute atomic E-state index is 0.0496. The molecule has 0 saturated carbocycles. The molecular weight excluding hydrogens is 221 g/mol. The van der Waals surface area contributed by atoms with Crippen LogP contribution in [-0.2, 0) is 0 Å². The van der Waals surface area contributed by atoms with Crippen LogP contribution in [0.3, 0.4) is 0 Å². The summed E-state index contributed by atoms with van der Waals surface area (Å²) < 4.78 is 12.9. The summed E-state index contributed by atoms with van der Waals surface area (Å²) in [4.78, 5) is 11.6. The van der Waals surface area contributed by atoms with Crippen LogP contribution in [0.15, 0.2) is 24.3 Å². The summed E-state index contributed by atoms with van der Waals surface area (Å²) in [7, 11) is 0. The van der Waals surface area contributed by atoms with E-state index in [4.69, 9.17) is 5.73 Å². The third-order valence-electron chi connectivity index (χ3n) is 2.43. The van der Waals surface area contributed by atoms with Gasteiger partial charge in [0.1, 0.15) is 5.82 Å². The fourth-order valence-electron chi connectivity index (χ4n) is 1.50. The number of nitrogens with one attached hydrogen (secondary N) is 2. The normalized spacial score (nSPS) is 11.9. The minimum Gasteiger partial charge on any atom is -0.335 e. The zero-order valence-electron chi connectivity index (χ0n) is 9.87. The third-order valence-corrected chi connectivity index (χ3v) is 2.43. The molecule has 1 rings (SSSR count). The Kier molecular flexibility index (Phi) is 5.42. The van der Waals surface area contributed by atoms with Crippen molar-refractivity contribution < 1.29 is 9.18 Å². The maximum atomic E-state index is 12.9. The number of urea groups is 1. The summed E-state index contributed by atoms with van der Waals surface area (Å²) in [5.74, 6) is -0.378. The molecule has 94 valence electrons. The summed E-state index contributed by atoms with van der Waals surface area (Å²) in [6.45, 7) is 2.50. The zero-order chi connectivity index (χ0) is 12.7. The summed E-state index contributed by atoms with van der Waals surface area (Å²) in [5, 5.41) is 5.36. The lowest BCUT2D eigenvalue weighted by Crippen LogP contribution is -2.38. The van der Waals surface area contributed by atoms with Gasteiger partial charge in [-0.3, -0.25) is 0 Å².